The fraction of sp³-hybridized carbons (Fsp3) is 0.294. The van der Waals surface area contributed by atoms with Crippen molar-refractivity contribution in [1.82, 2.24) is 4.98 Å². The normalized spacial score (nSPS) is 13.9. The number of carbonyl (C=O) groups is 1. The van der Waals surface area contributed by atoms with E-state index < -0.39 is 0 Å². The lowest BCUT2D eigenvalue weighted by Gasteiger charge is -2.20. The number of benzene rings is 1. The van der Waals surface area contributed by atoms with Crippen LogP contribution < -0.4 is 15.0 Å². The number of carbonyl (C=O) groups excluding carboxylic acids is 1. The quantitative estimate of drug-likeness (QED) is 0.751. The summed E-state index contributed by atoms with van der Waals surface area (Å²) in [4.78, 5) is 18.8. The zero-order valence-corrected chi connectivity index (χ0v) is 14.8. The van der Waals surface area contributed by atoms with Crippen molar-refractivity contribution in [3.8, 4) is 5.75 Å². The number of nitrogens with one attached hydrogen (secondary N) is 1. The van der Waals surface area contributed by atoms with Crippen molar-refractivity contribution < 1.29 is 9.53 Å². The third-order valence-electron chi connectivity index (χ3n) is 3.65. The summed E-state index contributed by atoms with van der Waals surface area (Å²) >= 11 is 2.23. The molecule has 0 saturated carbocycles. The first-order chi connectivity index (χ1) is 11.2. The van der Waals surface area contributed by atoms with Crippen molar-refractivity contribution in [3.05, 3.63) is 46.2 Å². The van der Waals surface area contributed by atoms with E-state index in [1.807, 2.05) is 36.4 Å². The third kappa shape index (κ3) is 4.34. The first-order valence-electron chi connectivity index (χ1n) is 7.60. The molecule has 5 nitrogen and oxygen atoms in total. The van der Waals surface area contributed by atoms with Crippen LogP contribution in [0.3, 0.4) is 0 Å². The maximum Gasteiger partial charge on any atom is 0.262 e. The van der Waals surface area contributed by atoms with Gasteiger partial charge in [-0.2, -0.15) is 0 Å². The molecule has 0 spiro atoms. The van der Waals surface area contributed by atoms with Gasteiger partial charge in [-0.25, -0.2) is 4.98 Å². The van der Waals surface area contributed by atoms with Crippen LogP contribution in [0.1, 0.15) is 12.8 Å². The molecule has 23 heavy (non-hydrogen) atoms. The third-order valence-corrected chi connectivity index (χ3v) is 4.37. The van der Waals surface area contributed by atoms with E-state index in [0.717, 1.165) is 28.2 Å². The zero-order chi connectivity index (χ0) is 16.1. The van der Waals surface area contributed by atoms with Gasteiger partial charge in [-0.15, -0.1) is 0 Å². The molecule has 0 atom stereocenters. The summed E-state index contributed by atoms with van der Waals surface area (Å²) in [5, 5.41) is 2.90. The molecule has 0 bridgehead atoms. The highest BCUT2D eigenvalue weighted by Crippen LogP contribution is 2.26. The molecule has 120 valence electrons. The predicted molar refractivity (Wildman–Crippen MR) is 99.0 cm³/mol. The number of pyridine rings is 1. The molecule has 1 aromatic carbocycles. The second kappa shape index (κ2) is 7.63. The molecule has 1 aromatic heterocycles. The average Bonchev–Trinajstić information content (AvgIpc) is 3.09. The lowest BCUT2D eigenvalue weighted by molar-refractivity contribution is -0.118. The maximum absolute atomic E-state index is 12.1. The number of hydrogen-bond donors (Lipinski definition) is 1. The van der Waals surface area contributed by atoms with Crippen molar-refractivity contribution in [1.29, 1.82) is 0 Å². The van der Waals surface area contributed by atoms with Crippen LogP contribution in [0.5, 0.6) is 5.75 Å². The van der Waals surface area contributed by atoms with Crippen LogP contribution in [-0.4, -0.2) is 30.6 Å². The Bertz CT molecular complexity index is 670. The van der Waals surface area contributed by atoms with Crippen LogP contribution in [0.15, 0.2) is 42.6 Å². The van der Waals surface area contributed by atoms with Crippen LogP contribution in [0.25, 0.3) is 0 Å². The Kier molecular flexibility index (Phi) is 5.32. The summed E-state index contributed by atoms with van der Waals surface area (Å²) < 4.78 is 6.64. The summed E-state index contributed by atoms with van der Waals surface area (Å²) in [5.74, 6) is 1.34. The number of ether oxygens (including phenoxy) is 1. The molecule has 1 fully saturated rings. The molecule has 3 rings (SSSR count). The number of nitrogens with zero attached hydrogens (tertiary/aromatic N) is 2. The van der Waals surface area contributed by atoms with Gasteiger partial charge in [0.15, 0.2) is 12.4 Å². The molecule has 0 radical (unpaired) electrons. The second-order valence-corrected chi connectivity index (χ2v) is 6.61. The van der Waals surface area contributed by atoms with E-state index in [4.69, 9.17) is 4.74 Å². The van der Waals surface area contributed by atoms with E-state index in [9.17, 15) is 4.79 Å². The summed E-state index contributed by atoms with van der Waals surface area (Å²) in [6.07, 6.45) is 4.09. The molecular weight excluding hydrogens is 405 g/mol. The van der Waals surface area contributed by atoms with Crippen LogP contribution >= 0.6 is 22.6 Å². The topological polar surface area (TPSA) is 54.5 Å². The minimum absolute atomic E-state index is 0.0189. The monoisotopic (exact) mass is 423 g/mol. The van der Waals surface area contributed by atoms with E-state index >= 15 is 0 Å². The van der Waals surface area contributed by atoms with E-state index in [1.165, 1.54) is 12.8 Å². The van der Waals surface area contributed by atoms with Gasteiger partial charge in [0.1, 0.15) is 5.75 Å². The molecule has 1 aliphatic rings. The van der Waals surface area contributed by atoms with E-state index in [1.54, 1.807) is 6.20 Å². The number of aromatic nitrogens is 1. The minimum Gasteiger partial charge on any atom is -0.484 e. The van der Waals surface area contributed by atoms with Crippen LogP contribution in [-0.2, 0) is 4.79 Å². The summed E-state index contributed by atoms with van der Waals surface area (Å²) in [5.41, 5.74) is 0.741. The second-order valence-electron chi connectivity index (χ2n) is 5.36. The first-order valence-corrected chi connectivity index (χ1v) is 8.68. The van der Waals surface area contributed by atoms with Crippen molar-refractivity contribution in [2.24, 2.45) is 0 Å². The Labute approximate surface area is 149 Å². The summed E-state index contributed by atoms with van der Waals surface area (Å²) in [6.45, 7) is 1.95. The Morgan fingerprint density at radius 3 is 2.70 bits per heavy atom. The fourth-order valence-electron chi connectivity index (χ4n) is 2.54. The molecule has 2 aromatic rings. The Balaban J connectivity index is 1.60. The summed E-state index contributed by atoms with van der Waals surface area (Å²) in [6, 6.07) is 11.3. The molecule has 1 saturated heterocycles. The first kappa shape index (κ1) is 16.0. The smallest absolute Gasteiger partial charge is 0.262 e. The van der Waals surface area contributed by atoms with Gasteiger partial charge < -0.3 is 15.0 Å². The van der Waals surface area contributed by atoms with E-state index in [-0.39, 0.29) is 12.5 Å². The zero-order valence-electron chi connectivity index (χ0n) is 12.7. The molecule has 0 unspecified atom stereocenters. The van der Waals surface area contributed by atoms with Gasteiger partial charge in [-0.1, -0.05) is 0 Å². The van der Waals surface area contributed by atoms with Gasteiger partial charge in [-0.05, 0) is 71.8 Å². The van der Waals surface area contributed by atoms with Crippen LogP contribution in [0, 0.1) is 3.57 Å². The van der Waals surface area contributed by atoms with Gasteiger partial charge in [-0.3, -0.25) is 4.79 Å². The number of amides is 1. The van der Waals surface area contributed by atoms with Gasteiger partial charge in [0.05, 0.1) is 5.69 Å². The Morgan fingerprint density at radius 1 is 1.22 bits per heavy atom. The SMILES string of the molecule is O=C(COc1ccc(I)cc1)Nc1cccnc1N1CCCC1. The van der Waals surface area contributed by atoms with Crippen LogP contribution in [0.4, 0.5) is 11.5 Å². The van der Waals surface area contributed by atoms with Gasteiger partial charge in [0.2, 0.25) is 0 Å². The lowest BCUT2D eigenvalue weighted by atomic mass is 10.3. The average molecular weight is 423 g/mol. The molecule has 6 heteroatoms. The number of halogens is 1. The number of hydrogen-bond acceptors (Lipinski definition) is 4. The van der Waals surface area contributed by atoms with Gasteiger partial charge in [0, 0.05) is 22.9 Å². The molecule has 1 amide bonds. The number of anilines is 2. The Morgan fingerprint density at radius 2 is 1.96 bits per heavy atom. The van der Waals surface area contributed by atoms with Crippen molar-refractivity contribution >= 4 is 40.0 Å². The fourth-order valence-corrected chi connectivity index (χ4v) is 2.90. The van der Waals surface area contributed by atoms with Crippen molar-refractivity contribution in [2.45, 2.75) is 12.8 Å². The highest BCUT2D eigenvalue weighted by Gasteiger charge is 2.18. The highest BCUT2D eigenvalue weighted by atomic mass is 127. The lowest BCUT2D eigenvalue weighted by Crippen LogP contribution is -2.24. The maximum atomic E-state index is 12.1. The largest absolute Gasteiger partial charge is 0.484 e. The highest BCUT2D eigenvalue weighted by molar-refractivity contribution is 14.1. The number of rotatable bonds is 5. The van der Waals surface area contributed by atoms with Gasteiger partial charge >= 0.3 is 0 Å². The van der Waals surface area contributed by atoms with E-state index in [2.05, 4.69) is 37.8 Å². The molecule has 1 N–H and O–H groups in total. The van der Waals surface area contributed by atoms with E-state index in [0.29, 0.717) is 5.75 Å². The molecule has 1 aliphatic heterocycles. The van der Waals surface area contributed by atoms with Crippen LogP contribution in [0.2, 0.25) is 0 Å². The van der Waals surface area contributed by atoms with Gasteiger partial charge in [0.25, 0.3) is 5.91 Å². The van der Waals surface area contributed by atoms with Crippen molar-refractivity contribution in [2.75, 3.05) is 29.9 Å². The summed E-state index contributed by atoms with van der Waals surface area (Å²) in [7, 11) is 0. The Hall–Kier alpha value is -1.83. The predicted octanol–water partition coefficient (Wildman–Crippen LogP) is 3.30. The standard InChI is InChI=1S/C17H18IN3O2/c18-13-5-7-14(8-6-13)23-12-16(22)20-15-4-3-9-19-17(15)21-10-1-2-11-21/h3-9H,1-2,10-12H2,(H,20,22). The minimum atomic E-state index is -0.183. The molecular formula is C17H18IN3O2. The molecule has 2 heterocycles. The van der Waals surface area contributed by atoms with Crippen molar-refractivity contribution in [3.63, 3.8) is 0 Å². The molecule has 0 aliphatic carbocycles.